The molecule has 1 nitrogen and oxygen atoms in total. The second kappa shape index (κ2) is 6.42. The van der Waals surface area contributed by atoms with Gasteiger partial charge in [-0.1, -0.05) is 80.9 Å². The van der Waals surface area contributed by atoms with Gasteiger partial charge in [-0.3, -0.25) is 4.98 Å². The average Bonchev–Trinajstić information content (AvgIpc) is 2.71. The maximum atomic E-state index is 4.81. The highest BCUT2D eigenvalue weighted by Crippen LogP contribution is 2.36. The Morgan fingerprint density at radius 3 is 2.17 bits per heavy atom. The number of nitrogens with zero attached hydrogens (tertiary/aromatic N) is 1. The minimum Gasteiger partial charge on any atom is -0.256 e. The van der Waals surface area contributed by atoms with Gasteiger partial charge in [0.1, 0.15) is 0 Å². The van der Waals surface area contributed by atoms with Crippen LogP contribution in [0.3, 0.4) is 0 Å². The Kier molecular flexibility index (Phi) is 3.96. The van der Waals surface area contributed by atoms with Gasteiger partial charge in [0.15, 0.2) is 0 Å². The van der Waals surface area contributed by atoms with Crippen LogP contribution in [-0.4, -0.2) is 4.98 Å². The van der Waals surface area contributed by atoms with Gasteiger partial charge in [0.2, 0.25) is 0 Å². The Balaban J connectivity index is 1.82. The minimum absolute atomic E-state index is 0.108. The zero-order valence-corrected chi connectivity index (χ0v) is 17.5. The Hall–Kier alpha value is -3.19. The third-order valence-corrected chi connectivity index (χ3v) is 5.88. The summed E-state index contributed by atoms with van der Waals surface area (Å²) in [5, 5.41) is 7.64. The maximum absolute atomic E-state index is 4.81. The molecule has 5 aromatic rings. The van der Waals surface area contributed by atoms with Crippen molar-refractivity contribution in [2.24, 2.45) is 0 Å². The summed E-state index contributed by atoms with van der Waals surface area (Å²) in [6.45, 7) is 8.97. The number of aromatic nitrogens is 1. The van der Waals surface area contributed by atoms with Crippen LogP contribution in [-0.2, 0) is 5.41 Å². The molecular weight excluding hydrogens is 350 g/mol. The zero-order chi connectivity index (χ0) is 20.2. The lowest BCUT2D eigenvalue weighted by Gasteiger charge is -2.21. The van der Waals surface area contributed by atoms with Gasteiger partial charge in [-0.2, -0.15) is 0 Å². The number of rotatable bonds is 1. The fraction of sp³-hybridized carbons (Fsp3) is 0.179. The van der Waals surface area contributed by atoms with Crippen LogP contribution in [0.2, 0.25) is 0 Å². The maximum Gasteiger partial charge on any atom is 0.0780 e. The molecule has 0 spiro atoms. The van der Waals surface area contributed by atoms with Crippen molar-refractivity contribution in [3.63, 3.8) is 0 Å². The summed E-state index contributed by atoms with van der Waals surface area (Å²) < 4.78 is 0. The standard InChI is InChI=1S/C28H25N/c1-18-15-20(17-21(16-18)28(2,3)4)27-26-12-11-23-22-8-6-5-7-19(22)9-10-24(23)25(26)13-14-29-27/h5-17H,1-4H3. The largest absolute Gasteiger partial charge is 0.256 e. The van der Waals surface area contributed by atoms with E-state index < -0.39 is 0 Å². The monoisotopic (exact) mass is 375 g/mol. The molecule has 0 aliphatic rings. The van der Waals surface area contributed by atoms with Crippen molar-refractivity contribution >= 4 is 32.3 Å². The van der Waals surface area contributed by atoms with Crippen molar-refractivity contribution < 1.29 is 0 Å². The topological polar surface area (TPSA) is 12.9 Å². The van der Waals surface area contributed by atoms with Gasteiger partial charge in [0.25, 0.3) is 0 Å². The average molecular weight is 376 g/mol. The van der Waals surface area contributed by atoms with Crippen molar-refractivity contribution in [2.75, 3.05) is 0 Å². The second-order valence-corrected chi connectivity index (χ2v) is 9.04. The fourth-order valence-electron chi connectivity index (χ4n) is 4.34. The van der Waals surface area contributed by atoms with E-state index in [1.54, 1.807) is 0 Å². The zero-order valence-electron chi connectivity index (χ0n) is 17.5. The van der Waals surface area contributed by atoms with E-state index in [0.29, 0.717) is 0 Å². The van der Waals surface area contributed by atoms with Gasteiger partial charge >= 0.3 is 0 Å². The molecule has 4 aromatic carbocycles. The summed E-state index contributed by atoms with van der Waals surface area (Å²) in [6, 6.07) is 26.6. The van der Waals surface area contributed by atoms with Crippen LogP contribution in [0.1, 0.15) is 31.9 Å². The normalized spacial score (nSPS) is 12.1. The molecule has 0 aliphatic carbocycles. The van der Waals surface area contributed by atoms with Crippen molar-refractivity contribution in [3.8, 4) is 11.3 Å². The first kappa shape index (κ1) is 17.9. The Labute approximate surface area is 172 Å². The Bertz CT molecular complexity index is 1390. The predicted molar refractivity (Wildman–Crippen MR) is 126 cm³/mol. The molecule has 142 valence electrons. The summed E-state index contributed by atoms with van der Waals surface area (Å²) in [5.41, 5.74) is 4.99. The fourth-order valence-corrected chi connectivity index (χ4v) is 4.34. The summed E-state index contributed by atoms with van der Waals surface area (Å²) in [4.78, 5) is 4.81. The van der Waals surface area contributed by atoms with Crippen molar-refractivity contribution in [2.45, 2.75) is 33.1 Å². The summed E-state index contributed by atoms with van der Waals surface area (Å²) in [7, 11) is 0. The van der Waals surface area contributed by atoms with Crippen molar-refractivity contribution in [1.82, 2.24) is 4.98 Å². The quantitative estimate of drug-likeness (QED) is 0.272. The molecule has 0 fully saturated rings. The van der Waals surface area contributed by atoms with Gasteiger partial charge < -0.3 is 0 Å². The molecule has 1 heteroatoms. The molecule has 0 atom stereocenters. The van der Waals surface area contributed by atoms with Crippen molar-refractivity contribution in [1.29, 1.82) is 0 Å². The minimum atomic E-state index is 0.108. The van der Waals surface area contributed by atoms with E-state index >= 15 is 0 Å². The molecule has 1 heterocycles. The highest BCUT2D eigenvalue weighted by molar-refractivity contribution is 6.18. The third kappa shape index (κ3) is 2.98. The molecule has 0 unspecified atom stereocenters. The Morgan fingerprint density at radius 2 is 1.34 bits per heavy atom. The van der Waals surface area contributed by atoms with Crippen LogP contribution < -0.4 is 0 Å². The molecule has 0 N–H and O–H groups in total. The van der Waals surface area contributed by atoms with Gasteiger partial charge in [-0.25, -0.2) is 0 Å². The lowest BCUT2D eigenvalue weighted by atomic mass is 9.84. The SMILES string of the molecule is Cc1cc(-c2nccc3c2ccc2c4ccccc4ccc32)cc(C(C)(C)C)c1. The number of pyridine rings is 1. The summed E-state index contributed by atoms with van der Waals surface area (Å²) >= 11 is 0. The van der Waals surface area contributed by atoms with Gasteiger partial charge in [-0.15, -0.1) is 0 Å². The van der Waals surface area contributed by atoms with Crippen LogP contribution in [0.15, 0.2) is 79.0 Å². The van der Waals surface area contributed by atoms with Crippen LogP contribution in [0.5, 0.6) is 0 Å². The molecule has 29 heavy (non-hydrogen) atoms. The van der Waals surface area contributed by atoms with Crippen molar-refractivity contribution in [3.05, 3.63) is 90.1 Å². The highest BCUT2D eigenvalue weighted by Gasteiger charge is 2.17. The number of benzene rings is 4. The molecule has 0 saturated heterocycles. The first-order valence-corrected chi connectivity index (χ1v) is 10.2. The lowest BCUT2D eigenvalue weighted by Crippen LogP contribution is -2.11. The van der Waals surface area contributed by atoms with E-state index in [-0.39, 0.29) is 5.41 Å². The number of hydrogen-bond donors (Lipinski definition) is 0. The van der Waals surface area contributed by atoms with E-state index in [1.165, 1.54) is 49.0 Å². The van der Waals surface area contributed by atoms with Gasteiger partial charge in [0.05, 0.1) is 5.69 Å². The molecule has 0 amide bonds. The first-order chi connectivity index (χ1) is 13.9. The Morgan fingerprint density at radius 1 is 0.655 bits per heavy atom. The van der Waals surface area contributed by atoms with Crippen LogP contribution in [0.4, 0.5) is 0 Å². The third-order valence-electron chi connectivity index (χ3n) is 5.88. The predicted octanol–water partition coefficient (Wildman–Crippen LogP) is 7.81. The molecule has 0 aliphatic heterocycles. The summed E-state index contributed by atoms with van der Waals surface area (Å²) in [5.74, 6) is 0. The number of aryl methyl sites for hydroxylation is 1. The van der Waals surface area contributed by atoms with Crippen LogP contribution in [0, 0.1) is 6.92 Å². The molecule has 5 rings (SSSR count). The summed E-state index contributed by atoms with van der Waals surface area (Å²) in [6.07, 6.45) is 1.95. The molecule has 1 aromatic heterocycles. The number of fused-ring (bicyclic) bond motifs is 5. The molecule has 0 bridgehead atoms. The van der Waals surface area contributed by atoms with E-state index in [4.69, 9.17) is 4.98 Å². The lowest BCUT2D eigenvalue weighted by molar-refractivity contribution is 0.590. The smallest absolute Gasteiger partial charge is 0.0780 e. The highest BCUT2D eigenvalue weighted by atomic mass is 14.7. The molecular formula is C28H25N. The van der Waals surface area contributed by atoms with Gasteiger partial charge in [0, 0.05) is 17.1 Å². The number of hydrogen-bond acceptors (Lipinski definition) is 1. The van der Waals surface area contributed by atoms with Crippen LogP contribution >= 0.6 is 0 Å². The van der Waals surface area contributed by atoms with E-state index in [2.05, 4.69) is 100 Å². The van der Waals surface area contributed by atoms with E-state index in [9.17, 15) is 0 Å². The van der Waals surface area contributed by atoms with Gasteiger partial charge in [-0.05, 0) is 63.0 Å². The van der Waals surface area contributed by atoms with E-state index in [1.807, 2.05) is 6.20 Å². The van der Waals surface area contributed by atoms with Crippen LogP contribution in [0.25, 0.3) is 43.6 Å². The first-order valence-electron chi connectivity index (χ1n) is 10.2. The molecule has 0 radical (unpaired) electrons. The second-order valence-electron chi connectivity index (χ2n) is 9.04. The van der Waals surface area contributed by atoms with E-state index in [0.717, 1.165) is 5.69 Å². The molecule has 0 saturated carbocycles.